The zero-order chi connectivity index (χ0) is 22.4. The third-order valence-electron chi connectivity index (χ3n) is 7.02. The van der Waals surface area contributed by atoms with Gasteiger partial charge in [-0.05, 0) is 73.3 Å². The standard InChI is InChI=1S/C26H25ClFN5/c27-22-13-29-26(31-24-15-32-8-6-18(24)7-9-32)12-21(22)19-4-5-23-25(11-19)33(16-30-23)14-17-2-1-3-20(28)10-17/h1-5,10-13,16,18,24H,6-9,14-15H2,(H,29,31)/t24-/m1/s1. The second-order valence-electron chi connectivity index (χ2n) is 9.14. The molecule has 3 saturated heterocycles. The second-order valence-corrected chi connectivity index (χ2v) is 9.55. The molecule has 0 unspecified atom stereocenters. The highest BCUT2D eigenvalue weighted by Crippen LogP contribution is 2.34. The number of aromatic nitrogens is 3. The predicted molar refractivity (Wildman–Crippen MR) is 130 cm³/mol. The van der Waals surface area contributed by atoms with Crippen LogP contribution in [-0.2, 0) is 6.54 Å². The number of pyridine rings is 1. The number of nitrogens with one attached hydrogen (secondary N) is 1. The van der Waals surface area contributed by atoms with Crippen molar-refractivity contribution in [1.29, 1.82) is 0 Å². The molecule has 1 atom stereocenters. The number of piperidine rings is 3. The van der Waals surface area contributed by atoms with E-state index in [-0.39, 0.29) is 5.82 Å². The van der Waals surface area contributed by atoms with Gasteiger partial charge in [0.2, 0.25) is 0 Å². The van der Waals surface area contributed by atoms with Gasteiger partial charge in [0, 0.05) is 30.9 Å². The van der Waals surface area contributed by atoms with Gasteiger partial charge in [0.15, 0.2) is 0 Å². The molecule has 2 aromatic carbocycles. The lowest BCUT2D eigenvalue weighted by Gasteiger charge is -2.45. The quantitative estimate of drug-likeness (QED) is 0.429. The highest BCUT2D eigenvalue weighted by atomic mass is 35.5. The van der Waals surface area contributed by atoms with Crippen molar-refractivity contribution in [1.82, 2.24) is 19.4 Å². The lowest BCUT2D eigenvalue weighted by molar-refractivity contribution is 0.0974. The fraction of sp³-hybridized carbons (Fsp3) is 0.308. The van der Waals surface area contributed by atoms with Crippen LogP contribution < -0.4 is 5.32 Å². The van der Waals surface area contributed by atoms with Crippen LogP contribution >= 0.6 is 11.6 Å². The van der Waals surface area contributed by atoms with E-state index in [1.54, 1.807) is 24.7 Å². The molecule has 0 spiro atoms. The van der Waals surface area contributed by atoms with E-state index in [1.807, 2.05) is 28.8 Å². The summed E-state index contributed by atoms with van der Waals surface area (Å²) in [5.74, 6) is 1.34. The Morgan fingerprint density at radius 2 is 1.94 bits per heavy atom. The van der Waals surface area contributed by atoms with Gasteiger partial charge >= 0.3 is 0 Å². The van der Waals surface area contributed by atoms with E-state index in [9.17, 15) is 4.39 Å². The van der Waals surface area contributed by atoms with Crippen molar-refractivity contribution in [3.63, 3.8) is 0 Å². The Balaban J connectivity index is 1.30. The van der Waals surface area contributed by atoms with Crippen molar-refractivity contribution in [2.24, 2.45) is 5.92 Å². The molecule has 2 bridgehead atoms. The van der Waals surface area contributed by atoms with Gasteiger partial charge in [0.25, 0.3) is 0 Å². The van der Waals surface area contributed by atoms with Gasteiger partial charge in [0.05, 0.1) is 22.4 Å². The number of benzene rings is 2. The molecule has 3 aliphatic heterocycles. The van der Waals surface area contributed by atoms with E-state index >= 15 is 0 Å². The Morgan fingerprint density at radius 3 is 2.73 bits per heavy atom. The fourth-order valence-corrected chi connectivity index (χ4v) is 5.45. The van der Waals surface area contributed by atoms with Gasteiger partial charge < -0.3 is 14.8 Å². The Kier molecular flexibility index (Phi) is 5.27. The minimum Gasteiger partial charge on any atom is -0.366 e. The molecule has 0 aliphatic carbocycles. The smallest absolute Gasteiger partial charge is 0.126 e. The van der Waals surface area contributed by atoms with Crippen LogP contribution in [0.2, 0.25) is 5.02 Å². The number of halogens is 2. The molecule has 0 saturated carbocycles. The normalized spacial score (nSPS) is 22.1. The van der Waals surface area contributed by atoms with Crippen molar-refractivity contribution >= 4 is 28.5 Å². The van der Waals surface area contributed by atoms with Crippen molar-refractivity contribution < 1.29 is 4.39 Å². The van der Waals surface area contributed by atoms with Gasteiger partial charge in [-0.1, -0.05) is 29.8 Å². The molecule has 33 heavy (non-hydrogen) atoms. The highest BCUT2D eigenvalue weighted by Gasteiger charge is 2.34. The van der Waals surface area contributed by atoms with Crippen LogP contribution in [0.5, 0.6) is 0 Å². The van der Waals surface area contributed by atoms with Crippen LogP contribution in [0.4, 0.5) is 10.2 Å². The highest BCUT2D eigenvalue weighted by molar-refractivity contribution is 6.33. The average molecular weight is 462 g/mol. The van der Waals surface area contributed by atoms with Crippen LogP contribution in [0.3, 0.4) is 0 Å². The molecule has 2 aromatic heterocycles. The number of anilines is 1. The van der Waals surface area contributed by atoms with Crippen LogP contribution in [0.25, 0.3) is 22.2 Å². The lowest BCUT2D eigenvalue weighted by Crippen LogP contribution is -2.53. The number of fused-ring (bicyclic) bond motifs is 4. The number of imidazole rings is 1. The summed E-state index contributed by atoms with van der Waals surface area (Å²) in [5.41, 5.74) is 4.72. The summed E-state index contributed by atoms with van der Waals surface area (Å²) in [6.07, 6.45) is 6.04. The molecule has 168 valence electrons. The second kappa shape index (κ2) is 8.43. The Labute approximate surface area is 197 Å². The summed E-state index contributed by atoms with van der Waals surface area (Å²) in [6.45, 7) is 4.06. The summed E-state index contributed by atoms with van der Waals surface area (Å²) in [4.78, 5) is 11.6. The third-order valence-corrected chi connectivity index (χ3v) is 7.32. The van der Waals surface area contributed by atoms with Gasteiger partial charge in [-0.2, -0.15) is 0 Å². The molecule has 4 aromatic rings. The van der Waals surface area contributed by atoms with E-state index in [4.69, 9.17) is 11.6 Å². The van der Waals surface area contributed by atoms with Crippen LogP contribution in [0.1, 0.15) is 18.4 Å². The minimum atomic E-state index is -0.232. The summed E-state index contributed by atoms with van der Waals surface area (Å²) in [5, 5.41) is 4.28. The van der Waals surface area contributed by atoms with Gasteiger partial charge in [-0.25, -0.2) is 14.4 Å². The maximum absolute atomic E-state index is 13.6. The van der Waals surface area contributed by atoms with Crippen molar-refractivity contribution in [3.8, 4) is 11.1 Å². The molecule has 3 fully saturated rings. The molecule has 5 heterocycles. The van der Waals surface area contributed by atoms with E-state index in [0.29, 0.717) is 23.5 Å². The summed E-state index contributed by atoms with van der Waals surface area (Å²) < 4.78 is 15.7. The van der Waals surface area contributed by atoms with E-state index in [1.165, 1.54) is 32.0 Å². The largest absolute Gasteiger partial charge is 0.366 e. The first-order chi connectivity index (χ1) is 16.1. The third kappa shape index (κ3) is 4.09. The van der Waals surface area contributed by atoms with Gasteiger partial charge in [0.1, 0.15) is 11.6 Å². The molecule has 5 nitrogen and oxygen atoms in total. The molecule has 0 radical (unpaired) electrons. The van der Waals surface area contributed by atoms with E-state index in [0.717, 1.165) is 40.1 Å². The van der Waals surface area contributed by atoms with E-state index < -0.39 is 0 Å². The number of nitrogens with zero attached hydrogens (tertiary/aromatic N) is 4. The topological polar surface area (TPSA) is 46.0 Å². The first-order valence-electron chi connectivity index (χ1n) is 11.5. The molecule has 7 rings (SSSR count). The van der Waals surface area contributed by atoms with Crippen LogP contribution in [-0.4, -0.2) is 45.1 Å². The Hall–Kier alpha value is -2.96. The maximum Gasteiger partial charge on any atom is 0.126 e. The molecule has 0 amide bonds. The SMILES string of the molecule is Fc1cccc(Cn2cnc3ccc(-c4cc(N[C@@H]5CN6CCC5CC6)ncc4Cl)cc32)c1. The minimum absolute atomic E-state index is 0.232. The predicted octanol–water partition coefficient (Wildman–Crippen LogP) is 5.45. The first kappa shape index (κ1) is 20.6. The van der Waals surface area contributed by atoms with Gasteiger partial charge in [-0.15, -0.1) is 0 Å². The zero-order valence-corrected chi connectivity index (χ0v) is 19.0. The Morgan fingerprint density at radius 1 is 1.06 bits per heavy atom. The number of rotatable bonds is 5. The first-order valence-corrected chi connectivity index (χ1v) is 11.8. The number of hydrogen-bond acceptors (Lipinski definition) is 4. The van der Waals surface area contributed by atoms with Crippen LogP contribution in [0.15, 0.2) is 61.1 Å². The summed E-state index contributed by atoms with van der Waals surface area (Å²) >= 11 is 6.59. The molecule has 7 heteroatoms. The molecular weight excluding hydrogens is 437 g/mol. The van der Waals surface area contributed by atoms with Gasteiger partial charge in [-0.3, -0.25) is 0 Å². The Bertz CT molecular complexity index is 1310. The zero-order valence-electron chi connectivity index (χ0n) is 18.2. The average Bonchev–Trinajstić information content (AvgIpc) is 3.23. The fourth-order valence-electron chi connectivity index (χ4n) is 5.24. The van der Waals surface area contributed by atoms with E-state index in [2.05, 4.69) is 26.3 Å². The van der Waals surface area contributed by atoms with Crippen molar-refractivity contribution in [2.45, 2.75) is 25.4 Å². The van der Waals surface area contributed by atoms with Crippen LogP contribution in [0, 0.1) is 11.7 Å². The van der Waals surface area contributed by atoms with Crippen molar-refractivity contribution in [2.75, 3.05) is 25.0 Å². The molecule has 1 N–H and O–H groups in total. The summed E-state index contributed by atoms with van der Waals surface area (Å²) in [6, 6.07) is 15.3. The van der Waals surface area contributed by atoms with Crippen molar-refractivity contribution in [3.05, 3.63) is 77.5 Å². The maximum atomic E-state index is 13.6. The lowest BCUT2D eigenvalue weighted by atomic mass is 9.84. The molecule has 3 aliphatic rings. The molecular formula is C26H25ClFN5. The number of hydrogen-bond donors (Lipinski definition) is 1. The summed E-state index contributed by atoms with van der Waals surface area (Å²) in [7, 11) is 0. The monoisotopic (exact) mass is 461 g/mol.